The maximum absolute atomic E-state index is 10.8. The number of hydrogen-bond acceptors (Lipinski definition) is 3. The largest absolute Gasteiger partial charge is 0.347 e. The van der Waals surface area contributed by atoms with E-state index >= 15 is 0 Å². The topological polar surface area (TPSA) is 32.3 Å². The maximum atomic E-state index is 10.8. The summed E-state index contributed by atoms with van der Waals surface area (Å²) in [6.07, 6.45) is 0.549. The fourth-order valence-corrected chi connectivity index (χ4v) is 0.678. The Morgan fingerprint density at radius 1 is 1.60 bits per heavy atom. The Kier molecular flexibility index (Phi) is 5.43. The van der Waals surface area contributed by atoms with Gasteiger partial charge in [0.2, 0.25) is 5.91 Å². The van der Waals surface area contributed by atoms with Gasteiger partial charge >= 0.3 is 0 Å². The molecule has 0 aliphatic rings. The Bertz CT molecular complexity index is 106. The number of hydrogen-bond donors (Lipinski definition) is 2. The number of nitrogens with one attached hydrogen (secondary N) is 1. The maximum Gasteiger partial charge on any atom is 0.221 e. The van der Waals surface area contributed by atoms with Gasteiger partial charge in [0.1, 0.15) is 0 Å². The molecule has 0 aromatic heterocycles. The average Bonchev–Trinajstić information content (AvgIpc) is 1.85. The molecule has 0 aromatic rings. The second-order valence-corrected chi connectivity index (χ2v) is 2.63. The SMILES string of the molecule is CN(C)CCC(=O)NCS. The van der Waals surface area contributed by atoms with Crippen molar-refractivity contribution in [3.05, 3.63) is 0 Å². The lowest BCUT2D eigenvalue weighted by molar-refractivity contribution is -0.120. The molecule has 60 valence electrons. The lowest BCUT2D eigenvalue weighted by Gasteiger charge is -2.07. The second kappa shape index (κ2) is 5.56. The van der Waals surface area contributed by atoms with Crippen molar-refractivity contribution in [1.82, 2.24) is 10.2 Å². The molecule has 1 N–H and O–H groups in total. The quantitative estimate of drug-likeness (QED) is 0.448. The van der Waals surface area contributed by atoms with Gasteiger partial charge in [-0.25, -0.2) is 0 Å². The minimum Gasteiger partial charge on any atom is -0.347 e. The Balaban J connectivity index is 3.22. The van der Waals surface area contributed by atoms with Crippen LogP contribution in [0.2, 0.25) is 0 Å². The highest BCUT2D eigenvalue weighted by atomic mass is 32.1. The first-order chi connectivity index (χ1) is 4.66. The van der Waals surface area contributed by atoms with Gasteiger partial charge in [-0.1, -0.05) is 0 Å². The van der Waals surface area contributed by atoms with Crippen LogP contribution >= 0.6 is 12.6 Å². The molecule has 0 saturated carbocycles. The first kappa shape index (κ1) is 9.78. The molecule has 0 unspecified atom stereocenters. The summed E-state index contributed by atoms with van der Waals surface area (Å²) in [7, 11) is 3.88. The fourth-order valence-electron chi connectivity index (χ4n) is 0.502. The molecule has 1 amide bonds. The summed E-state index contributed by atoms with van der Waals surface area (Å²) in [5.41, 5.74) is 0. The molecule has 0 aliphatic carbocycles. The van der Waals surface area contributed by atoms with E-state index in [-0.39, 0.29) is 5.91 Å². The highest BCUT2D eigenvalue weighted by molar-refractivity contribution is 7.80. The van der Waals surface area contributed by atoms with Crippen molar-refractivity contribution in [3.8, 4) is 0 Å². The van der Waals surface area contributed by atoms with E-state index < -0.39 is 0 Å². The van der Waals surface area contributed by atoms with Crippen molar-refractivity contribution in [3.63, 3.8) is 0 Å². The third-order valence-electron chi connectivity index (χ3n) is 1.06. The van der Waals surface area contributed by atoms with Crippen LogP contribution in [0, 0.1) is 0 Å². The van der Waals surface area contributed by atoms with E-state index in [0.29, 0.717) is 12.3 Å². The zero-order valence-electron chi connectivity index (χ0n) is 6.42. The van der Waals surface area contributed by atoms with Crippen LogP contribution in [0.25, 0.3) is 0 Å². The van der Waals surface area contributed by atoms with E-state index in [2.05, 4.69) is 17.9 Å². The van der Waals surface area contributed by atoms with Crippen molar-refractivity contribution in [1.29, 1.82) is 0 Å². The zero-order valence-corrected chi connectivity index (χ0v) is 7.32. The van der Waals surface area contributed by atoms with Crippen LogP contribution in [0.4, 0.5) is 0 Å². The van der Waals surface area contributed by atoms with Gasteiger partial charge in [-0.05, 0) is 14.1 Å². The highest BCUT2D eigenvalue weighted by Crippen LogP contribution is 1.82. The third-order valence-corrected chi connectivity index (χ3v) is 1.22. The van der Waals surface area contributed by atoms with Crippen LogP contribution < -0.4 is 5.32 Å². The van der Waals surface area contributed by atoms with Crippen LogP contribution in [-0.4, -0.2) is 37.3 Å². The predicted octanol–water partition coefficient (Wildman–Crippen LogP) is -0.0584. The molecule has 4 heteroatoms. The molecular formula is C6H14N2OS. The summed E-state index contributed by atoms with van der Waals surface area (Å²) in [4.78, 5) is 12.7. The molecule has 0 radical (unpaired) electrons. The number of carbonyl (C=O) groups is 1. The molecule has 0 aliphatic heterocycles. The zero-order chi connectivity index (χ0) is 7.98. The van der Waals surface area contributed by atoms with E-state index in [1.54, 1.807) is 0 Å². The van der Waals surface area contributed by atoms with E-state index in [1.165, 1.54) is 0 Å². The van der Waals surface area contributed by atoms with Crippen molar-refractivity contribution in [2.75, 3.05) is 26.5 Å². The van der Waals surface area contributed by atoms with Crippen molar-refractivity contribution >= 4 is 18.5 Å². The standard InChI is InChI=1S/C6H14N2OS/c1-8(2)4-3-6(9)7-5-10/h10H,3-5H2,1-2H3,(H,7,9). The summed E-state index contributed by atoms with van der Waals surface area (Å²) in [6, 6.07) is 0. The Morgan fingerprint density at radius 3 is 2.60 bits per heavy atom. The number of rotatable bonds is 4. The summed E-state index contributed by atoms with van der Waals surface area (Å²) in [5.74, 6) is 0.482. The van der Waals surface area contributed by atoms with Crippen LogP contribution in [0.3, 0.4) is 0 Å². The smallest absolute Gasteiger partial charge is 0.221 e. The summed E-state index contributed by atoms with van der Waals surface area (Å²) in [6.45, 7) is 0.791. The van der Waals surface area contributed by atoms with Gasteiger partial charge in [0.15, 0.2) is 0 Å². The molecule has 0 fully saturated rings. The molecular weight excluding hydrogens is 148 g/mol. The lowest BCUT2D eigenvalue weighted by atomic mass is 10.4. The molecule has 0 saturated heterocycles. The molecule has 0 aromatic carbocycles. The minimum absolute atomic E-state index is 0.0590. The molecule has 10 heavy (non-hydrogen) atoms. The summed E-state index contributed by atoms with van der Waals surface area (Å²) in [5, 5.41) is 2.60. The minimum atomic E-state index is 0.0590. The van der Waals surface area contributed by atoms with E-state index in [1.807, 2.05) is 19.0 Å². The molecule has 0 bridgehead atoms. The highest BCUT2D eigenvalue weighted by Gasteiger charge is 1.98. The average molecular weight is 162 g/mol. The number of nitrogens with zero attached hydrogens (tertiary/aromatic N) is 1. The normalized spacial score (nSPS) is 10.0. The van der Waals surface area contributed by atoms with Gasteiger partial charge in [0, 0.05) is 13.0 Å². The Morgan fingerprint density at radius 2 is 2.20 bits per heavy atom. The van der Waals surface area contributed by atoms with Gasteiger partial charge in [-0.15, -0.1) is 0 Å². The lowest BCUT2D eigenvalue weighted by Crippen LogP contribution is -2.26. The van der Waals surface area contributed by atoms with Gasteiger partial charge < -0.3 is 10.2 Å². The van der Waals surface area contributed by atoms with Crippen molar-refractivity contribution < 1.29 is 4.79 Å². The monoisotopic (exact) mass is 162 g/mol. The van der Waals surface area contributed by atoms with E-state index in [9.17, 15) is 4.79 Å². The Labute approximate surface area is 67.2 Å². The van der Waals surface area contributed by atoms with Crippen LogP contribution in [0.1, 0.15) is 6.42 Å². The fraction of sp³-hybridized carbons (Fsp3) is 0.833. The Hall–Kier alpha value is -0.220. The predicted molar refractivity (Wildman–Crippen MR) is 45.2 cm³/mol. The van der Waals surface area contributed by atoms with Gasteiger partial charge in [-0.3, -0.25) is 4.79 Å². The van der Waals surface area contributed by atoms with Gasteiger partial charge in [0.05, 0.1) is 5.88 Å². The molecule has 0 heterocycles. The first-order valence-corrected chi connectivity index (χ1v) is 3.82. The van der Waals surface area contributed by atoms with Crippen LogP contribution in [0.5, 0.6) is 0 Å². The number of thiol groups is 1. The number of amides is 1. The first-order valence-electron chi connectivity index (χ1n) is 3.19. The molecule has 3 nitrogen and oxygen atoms in total. The number of carbonyl (C=O) groups excluding carboxylic acids is 1. The van der Waals surface area contributed by atoms with Crippen LogP contribution in [-0.2, 0) is 4.79 Å². The van der Waals surface area contributed by atoms with E-state index in [0.717, 1.165) is 6.54 Å². The summed E-state index contributed by atoms with van der Waals surface area (Å²) < 4.78 is 0. The third kappa shape index (κ3) is 5.91. The molecule has 0 spiro atoms. The van der Waals surface area contributed by atoms with Gasteiger partial charge in [-0.2, -0.15) is 12.6 Å². The van der Waals surface area contributed by atoms with E-state index in [4.69, 9.17) is 0 Å². The summed E-state index contributed by atoms with van der Waals surface area (Å²) >= 11 is 3.86. The van der Waals surface area contributed by atoms with Crippen LogP contribution in [0.15, 0.2) is 0 Å². The van der Waals surface area contributed by atoms with Crippen molar-refractivity contribution in [2.45, 2.75) is 6.42 Å². The molecule has 0 atom stereocenters. The molecule has 0 rings (SSSR count). The van der Waals surface area contributed by atoms with Gasteiger partial charge in [0.25, 0.3) is 0 Å². The van der Waals surface area contributed by atoms with Crippen molar-refractivity contribution in [2.24, 2.45) is 0 Å². The second-order valence-electron chi connectivity index (χ2n) is 2.31.